The number of nitrogens with one attached hydrogen (secondary N) is 1. The van der Waals surface area contributed by atoms with Crippen molar-refractivity contribution in [2.45, 2.75) is 6.61 Å². The van der Waals surface area contributed by atoms with Crippen LogP contribution in [0.4, 0.5) is 23.2 Å². The van der Waals surface area contributed by atoms with Crippen LogP contribution in [0.3, 0.4) is 0 Å². The Bertz CT molecular complexity index is 1740. The first kappa shape index (κ1) is 27.5. The Kier molecular flexibility index (Phi) is 7.59. The molecule has 9 nitrogen and oxygen atoms in total. The molecule has 13 heteroatoms. The number of amides is 1. The Labute approximate surface area is 223 Å². The molecule has 1 N–H and O–H groups in total. The van der Waals surface area contributed by atoms with Gasteiger partial charge in [-0.1, -0.05) is 0 Å². The van der Waals surface area contributed by atoms with E-state index in [-0.39, 0.29) is 33.9 Å². The normalized spacial score (nSPS) is 10.6. The number of rotatable bonds is 7. The first-order valence-corrected chi connectivity index (χ1v) is 11.3. The van der Waals surface area contributed by atoms with Crippen LogP contribution in [0.2, 0.25) is 0 Å². The maximum atomic E-state index is 15.2. The number of methoxy groups -OCH3 is 1. The van der Waals surface area contributed by atoms with Gasteiger partial charge in [0.15, 0.2) is 0 Å². The van der Waals surface area contributed by atoms with Crippen LogP contribution in [-0.4, -0.2) is 29.0 Å². The zero-order chi connectivity index (χ0) is 29.1. The number of hydrogen-bond acceptors (Lipinski definition) is 6. The minimum atomic E-state index is -3.09. The van der Waals surface area contributed by atoms with Crippen LogP contribution in [0.25, 0.3) is 16.9 Å². The minimum absolute atomic E-state index is 0.0450. The van der Waals surface area contributed by atoms with Gasteiger partial charge >= 0.3 is 6.61 Å². The Morgan fingerprint density at radius 1 is 0.975 bits per heavy atom. The highest BCUT2D eigenvalue weighted by atomic mass is 19.3. The summed E-state index contributed by atoms with van der Waals surface area (Å²) in [5.74, 6) is -3.54. The van der Waals surface area contributed by atoms with Crippen molar-refractivity contribution in [1.82, 2.24) is 9.36 Å². The predicted octanol–water partition coefficient (Wildman–Crippen LogP) is 4.73. The topological polar surface area (TPSA) is 122 Å². The van der Waals surface area contributed by atoms with E-state index in [1.165, 1.54) is 32.4 Å². The first-order valence-electron chi connectivity index (χ1n) is 11.3. The molecule has 0 aliphatic rings. The van der Waals surface area contributed by atoms with Crippen molar-refractivity contribution in [2.75, 3.05) is 12.4 Å². The lowest BCUT2D eigenvalue weighted by Crippen LogP contribution is -2.23. The largest absolute Gasteiger partial charge is 0.497 e. The van der Waals surface area contributed by atoms with Crippen molar-refractivity contribution in [3.8, 4) is 40.6 Å². The first-order chi connectivity index (χ1) is 19.1. The molecule has 3 aromatic carbocycles. The van der Waals surface area contributed by atoms with Gasteiger partial charge in [-0.2, -0.15) is 19.3 Å². The van der Waals surface area contributed by atoms with Gasteiger partial charge in [0.05, 0.1) is 35.6 Å². The monoisotopic (exact) mass is 551 g/mol. The van der Waals surface area contributed by atoms with Gasteiger partial charge in [-0.15, -0.1) is 0 Å². The van der Waals surface area contributed by atoms with E-state index in [1.54, 1.807) is 0 Å². The van der Waals surface area contributed by atoms with E-state index in [0.29, 0.717) is 0 Å². The second kappa shape index (κ2) is 11.0. The second-order valence-electron chi connectivity index (χ2n) is 8.14. The van der Waals surface area contributed by atoms with Crippen molar-refractivity contribution in [2.24, 2.45) is 7.05 Å². The molecule has 0 fully saturated rings. The fourth-order valence-electron chi connectivity index (χ4n) is 4.01. The number of benzene rings is 3. The SMILES string of the molecule is COc1cc(F)c(-c2c(NC(=O)c3ccc(OC(F)F)cc3)c(=O)n(-c3cc(C#N)ccc3C#N)n2C)c(F)c1. The average molecular weight is 551 g/mol. The summed E-state index contributed by atoms with van der Waals surface area (Å²) in [6, 6.07) is 13.9. The van der Waals surface area contributed by atoms with E-state index in [1.807, 2.05) is 12.1 Å². The summed E-state index contributed by atoms with van der Waals surface area (Å²) >= 11 is 0. The van der Waals surface area contributed by atoms with Gasteiger partial charge in [0.25, 0.3) is 11.5 Å². The van der Waals surface area contributed by atoms with Gasteiger partial charge in [0.1, 0.15) is 40.6 Å². The van der Waals surface area contributed by atoms with Gasteiger partial charge in [-0.25, -0.2) is 13.5 Å². The van der Waals surface area contributed by atoms with Crippen LogP contribution in [-0.2, 0) is 7.05 Å². The van der Waals surface area contributed by atoms with Crippen molar-refractivity contribution in [3.63, 3.8) is 0 Å². The number of alkyl halides is 2. The van der Waals surface area contributed by atoms with E-state index in [4.69, 9.17) is 4.74 Å². The number of nitrogens with zero attached hydrogens (tertiary/aromatic N) is 4. The van der Waals surface area contributed by atoms with Crippen LogP contribution < -0.4 is 20.3 Å². The zero-order valence-corrected chi connectivity index (χ0v) is 20.7. The summed E-state index contributed by atoms with van der Waals surface area (Å²) in [6.45, 7) is -3.09. The molecule has 0 radical (unpaired) electrons. The molecule has 0 bridgehead atoms. The minimum Gasteiger partial charge on any atom is -0.497 e. The number of nitriles is 2. The van der Waals surface area contributed by atoms with E-state index in [9.17, 15) is 28.9 Å². The molecule has 4 rings (SSSR count). The number of ether oxygens (including phenoxy) is 2. The van der Waals surface area contributed by atoms with Crippen molar-refractivity contribution in [3.05, 3.63) is 93.3 Å². The lowest BCUT2D eigenvalue weighted by molar-refractivity contribution is -0.0498. The van der Waals surface area contributed by atoms with Crippen molar-refractivity contribution >= 4 is 11.6 Å². The van der Waals surface area contributed by atoms with Crippen LogP contribution in [0.5, 0.6) is 11.5 Å². The van der Waals surface area contributed by atoms with Crippen LogP contribution in [0, 0.1) is 34.3 Å². The Balaban J connectivity index is 1.94. The standard InChI is InChI=1S/C27H17F4N5O4/c1-35-24(22-19(28)10-18(39-2)11-20(22)29)23(34-25(37)15-5-7-17(8-6-15)40-27(30)31)26(38)36(35)21-9-14(12-32)3-4-16(21)13-33/h3-11,27H,1-2H3,(H,34,37). The molecule has 0 saturated heterocycles. The third kappa shape index (κ3) is 5.08. The third-order valence-corrected chi connectivity index (χ3v) is 5.81. The molecule has 0 unspecified atom stereocenters. The van der Waals surface area contributed by atoms with Gasteiger partial charge in [-0.05, 0) is 42.5 Å². The predicted molar refractivity (Wildman–Crippen MR) is 133 cm³/mol. The number of halogens is 4. The quantitative estimate of drug-likeness (QED) is 0.332. The average Bonchev–Trinajstić information content (AvgIpc) is 3.16. The third-order valence-electron chi connectivity index (χ3n) is 5.81. The Hall–Kier alpha value is -5.56. The van der Waals surface area contributed by atoms with E-state index >= 15 is 8.78 Å². The summed E-state index contributed by atoms with van der Waals surface area (Å²) in [6.07, 6.45) is 0. The molecule has 1 heterocycles. The Morgan fingerprint density at radius 3 is 2.17 bits per heavy atom. The van der Waals surface area contributed by atoms with E-state index < -0.39 is 46.7 Å². The lowest BCUT2D eigenvalue weighted by atomic mass is 10.1. The number of carbonyl (C=O) groups excluding carboxylic acids is 1. The molecule has 0 saturated carbocycles. The highest BCUT2D eigenvalue weighted by Crippen LogP contribution is 2.34. The van der Waals surface area contributed by atoms with Gasteiger partial charge in [-0.3, -0.25) is 14.3 Å². The number of anilines is 1. The smallest absolute Gasteiger partial charge is 0.387 e. The zero-order valence-electron chi connectivity index (χ0n) is 20.7. The molecule has 40 heavy (non-hydrogen) atoms. The molecule has 1 amide bonds. The molecule has 0 aliphatic carbocycles. The fourth-order valence-corrected chi connectivity index (χ4v) is 4.01. The second-order valence-corrected chi connectivity index (χ2v) is 8.14. The summed E-state index contributed by atoms with van der Waals surface area (Å²) < 4.78 is 66.4. The summed E-state index contributed by atoms with van der Waals surface area (Å²) in [4.78, 5) is 26.8. The number of hydrogen-bond donors (Lipinski definition) is 1. The number of carbonyl (C=O) groups is 1. The van der Waals surface area contributed by atoms with Gasteiger partial charge in [0, 0.05) is 24.7 Å². The molecule has 0 aliphatic heterocycles. The highest BCUT2D eigenvalue weighted by Gasteiger charge is 2.28. The van der Waals surface area contributed by atoms with Crippen LogP contribution >= 0.6 is 0 Å². The van der Waals surface area contributed by atoms with Crippen molar-refractivity contribution in [1.29, 1.82) is 10.5 Å². The number of aromatic nitrogens is 2. The van der Waals surface area contributed by atoms with E-state index in [0.717, 1.165) is 45.8 Å². The highest BCUT2D eigenvalue weighted by molar-refractivity contribution is 6.06. The lowest BCUT2D eigenvalue weighted by Gasteiger charge is -2.14. The summed E-state index contributed by atoms with van der Waals surface area (Å²) in [7, 11) is 2.47. The molecule has 4 aromatic rings. The van der Waals surface area contributed by atoms with Crippen LogP contribution in [0.15, 0.2) is 59.4 Å². The molecular weight excluding hydrogens is 534 g/mol. The molecule has 1 aromatic heterocycles. The molecule has 0 spiro atoms. The van der Waals surface area contributed by atoms with E-state index in [2.05, 4.69) is 10.1 Å². The Morgan fingerprint density at radius 2 is 1.62 bits per heavy atom. The fraction of sp³-hybridized carbons (Fsp3) is 0.111. The molecular formula is C27H17F4N5O4. The molecule has 202 valence electrons. The summed E-state index contributed by atoms with van der Waals surface area (Å²) in [5.41, 5.74) is -2.77. The summed E-state index contributed by atoms with van der Waals surface area (Å²) in [5, 5.41) is 21.3. The maximum absolute atomic E-state index is 15.2. The van der Waals surface area contributed by atoms with Crippen LogP contribution in [0.1, 0.15) is 21.5 Å². The van der Waals surface area contributed by atoms with Gasteiger partial charge in [0.2, 0.25) is 0 Å². The maximum Gasteiger partial charge on any atom is 0.387 e. The van der Waals surface area contributed by atoms with Crippen molar-refractivity contribution < 1.29 is 31.8 Å². The van der Waals surface area contributed by atoms with Gasteiger partial charge < -0.3 is 14.8 Å². The molecule has 0 atom stereocenters.